The summed E-state index contributed by atoms with van der Waals surface area (Å²) in [5, 5.41) is 3.86. The normalized spacial score (nSPS) is 15.8. The van der Waals surface area contributed by atoms with Crippen molar-refractivity contribution in [1.29, 1.82) is 0 Å². The van der Waals surface area contributed by atoms with Gasteiger partial charge in [0.05, 0.1) is 6.04 Å². The molecule has 1 aliphatic rings. The van der Waals surface area contributed by atoms with E-state index in [1.165, 1.54) is 40.8 Å². The number of hydrogen-bond donors (Lipinski definition) is 1. The Morgan fingerprint density at radius 3 is 2.38 bits per heavy atom. The lowest BCUT2D eigenvalue weighted by Gasteiger charge is -2.23. The maximum atomic E-state index is 3.86. The molecule has 1 unspecified atom stereocenters. The van der Waals surface area contributed by atoms with E-state index >= 15 is 0 Å². The van der Waals surface area contributed by atoms with E-state index in [1.54, 1.807) is 0 Å². The van der Waals surface area contributed by atoms with Gasteiger partial charge in [0.15, 0.2) is 0 Å². The van der Waals surface area contributed by atoms with E-state index in [0.29, 0.717) is 6.04 Å². The second-order valence-corrected chi connectivity index (χ2v) is 6.33. The average Bonchev–Trinajstić information content (AvgIpc) is 3.31. The molecule has 1 atom stereocenters. The molecule has 0 aliphatic heterocycles. The summed E-state index contributed by atoms with van der Waals surface area (Å²) in [6.45, 7) is 6.60. The highest BCUT2D eigenvalue weighted by Gasteiger charge is 2.32. The fourth-order valence-corrected chi connectivity index (χ4v) is 3.06. The van der Waals surface area contributed by atoms with Crippen molar-refractivity contribution in [1.82, 2.24) is 0 Å². The van der Waals surface area contributed by atoms with Gasteiger partial charge in [-0.25, -0.2) is 0 Å². The Labute approximate surface area is 128 Å². The van der Waals surface area contributed by atoms with Crippen LogP contribution in [0.5, 0.6) is 0 Å². The van der Waals surface area contributed by atoms with Crippen LogP contribution in [0, 0.1) is 19.8 Å². The molecule has 1 N–H and O–H groups in total. The van der Waals surface area contributed by atoms with Gasteiger partial charge < -0.3 is 5.32 Å². The van der Waals surface area contributed by atoms with Crippen molar-refractivity contribution < 1.29 is 0 Å². The molecular weight excluding hydrogens is 254 g/mol. The first-order valence-corrected chi connectivity index (χ1v) is 8.10. The first kappa shape index (κ1) is 14.2. The molecule has 0 spiro atoms. The van der Waals surface area contributed by atoms with Gasteiger partial charge in [-0.1, -0.05) is 55.0 Å². The van der Waals surface area contributed by atoms with Crippen molar-refractivity contribution in [2.24, 2.45) is 5.92 Å². The zero-order valence-corrected chi connectivity index (χ0v) is 13.3. The Morgan fingerprint density at radius 1 is 1.05 bits per heavy atom. The van der Waals surface area contributed by atoms with Crippen LogP contribution in [0.3, 0.4) is 0 Å². The summed E-state index contributed by atoms with van der Waals surface area (Å²) in [5.41, 5.74) is 6.88. The SMILES string of the molecule is CCc1cccc(C)c1NC(c1ccc(C)cc1)C1CC1. The summed E-state index contributed by atoms with van der Waals surface area (Å²) in [5.74, 6) is 0.789. The van der Waals surface area contributed by atoms with Gasteiger partial charge in [-0.05, 0) is 55.7 Å². The quantitative estimate of drug-likeness (QED) is 0.769. The number of benzene rings is 2. The highest BCUT2D eigenvalue weighted by atomic mass is 14.9. The lowest BCUT2D eigenvalue weighted by atomic mass is 9.98. The van der Waals surface area contributed by atoms with Crippen LogP contribution in [-0.4, -0.2) is 0 Å². The molecule has 1 saturated carbocycles. The van der Waals surface area contributed by atoms with Gasteiger partial charge >= 0.3 is 0 Å². The maximum Gasteiger partial charge on any atom is 0.0542 e. The minimum absolute atomic E-state index is 0.456. The standard InChI is InChI=1S/C20H25N/c1-4-16-7-5-6-15(3)19(16)21-20(18-12-13-18)17-10-8-14(2)9-11-17/h5-11,18,20-21H,4,12-13H2,1-3H3. The number of rotatable bonds is 5. The third-order valence-electron chi connectivity index (χ3n) is 4.57. The third kappa shape index (κ3) is 3.12. The lowest BCUT2D eigenvalue weighted by molar-refractivity contribution is 0.677. The van der Waals surface area contributed by atoms with E-state index in [4.69, 9.17) is 0 Å². The van der Waals surface area contributed by atoms with E-state index < -0.39 is 0 Å². The molecule has 0 heterocycles. The first-order chi connectivity index (χ1) is 10.2. The first-order valence-electron chi connectivity index (χ1n) is 8.10. The molecule has 0 aromatic heterocycles. The van der Waals surface area contributed by atoms with Crippen LogP contribution in [0.4, 0.5) is 5.69 Å². The van der Waals surface area contributed by atoms with Crippen molar-refractivity contribution in [3.05, 3.63) is 64.7 Å². The number of nitrogens with one attached hydrogen (secondary N) is 1. The summed E-state index contributed by atoms with van der Waals surface area (Å²) in [4.78, 5) is 0. The smallest absolute Gasteiger partial charge is 0.0542 e. The molecular formula is C20H25N. The molecule has 2 aromatic rings. The van der Waals surface area contributed by atoms with Crippen molar-refractivity contribution in [2.45, 2.75) is 46.1 Å². The molecule has 2 aromatic carbocycles. The second-order valence-electron chi connectivity index (χ2n) is 6.33. The topological polar surface area (TPSA) is 12.0 Å². The summed E-state index contributed by atoms with van der Waals surface area (Å²) < 4.78 is 0. The number of aryl methyl sites for hydroxylation is 3. The predicted molar refractivity (Wildman–Crippen MR) is 90.8 cm³/mol. The van der Waals surface area contributed by atoms with Crippen molar-refractivity contribution in [2.75, 3.05) is 5.32 Å². The van der Waals surface area contributed by atoms with E-state index in [0.717, 1.165) is 12.3 Å². The van der Waals surface area contributed by atoms with Gasteiger partial charge in [-0.15, -0.1) is 0 Å². The Balaban J connectivity index is 1.91. The van der Waals surface area contributed by atoms with Crippen LogP contribution in [0.2, 0.25) is 0 Å². The van der Waals surface area contributed by atoms with Crippen molar-refractivity contribution >= 4 is 5.69 Å². The summed E-state index contributed by atoms with van der Waals surface area (Å²) in [6, 6.07) is 16.1. The monoisotopic (exact) mass is 279 g/mol. The predicted octanol–water partition coefficient (Wildman–Crippen LogP) is 5.43. The lowest BCUT2D eigenvalue weighted by Crippen LogP contribution is -2.15. The Bertz CT molecular complexity index is 608. The molecule has 0 radical (unpaired) electrons. The number of anilines is 1. The molecule has 1 nitrogen and oxygen atoms in total. The van der Waals surface area contributed by atoms with Crippen molar-refractivity contribution in [3.8, 4) is 0 Å². The summed E-state index contributed by atoms with van der Waals surface area (Å²) >= 11 is 0. The molecule has 1 heteroatoms. The third-order valence-corrected chi connectivity index (χ3v) is 4.57. The van der Waals surface area contributed by atoms with E-state index in [1.807, 2.05) is 0 Å². The number of para-hydroxylation sites is 1. The molecule has 1 aliphatic carbocycles. The number of hydrogen-bond acceptors (Lipinski definition) is 1. The van der Waals surface area contributed by atoms with Gasteiger partial charge in [0.25, 0.3) is 0 Å². The van der Waals surface area contributed by atoms with Gasteiger partial charge in [0, 0.05) is 5.69 Å². The molecule has 0 bridgehead atoms. The Kier molecular flexibility index (Phi) is 4.01. The van der Waals surface area contributed by atoms with E-state index in [-0.39, 0.29) is 0 Å². The fourth-order valence-electron chi connectivity index (χ4n) is 3.06. The van der Waals surface area contributed by atoms with Crippen LogP contribution in [-0.2, 0) is 6.42 Å². The minimum Gasteiger partial charge on any atom is -0.378 e. The zero-order valence-electron chi connectivity index (χ0n) is 13.3. The van der Waals surface area contributed by atoms with Gasteiger partial charge in [-0.2, -0.15) is 0 Å². The molecule has 0 saturated heterocycles. The summed E-state index contributed by atoms with van der Waals surface area (Å²) in [6.07, 6.45) is 3.77. The van der Waals surface area contributed by atoms with Crippen LogP contribution in [0.1, 0.15) is 48.1 Å². The van der Waals surface area contributed by atoms with Gasteiger partial charge in [0.2, 0.25) is 0 Å². The van der Waals surface area contributed by atoms with Crippen LogP contribution in [0.15, 0.2) is 42.5 Å². The Hall–Kier alpha value is -1.76. The highest BCUT2D eigenvalue weighted by Crippen LogP contribution is 2.43. The molecule has 0 amide bonds. The maximum absolute atomic E-state index is 3.86. The molecule has 3 rings (SSSR count). The van der Waals surface area contributed by atoms with Crippen LogP contribution < -0.4 is 5.32 Å². The summed E-state index contributed by atoms with van der Waals surface area (Å²) in [7, 11) is 0. The van der Waals surface area contributed by atoms with Gasteiger partial charge in [-0.3, -0.25) is 0 Å². The Morgan fingerprint density at radius 2 is 1.76 bits per heavy atom. The second kappa shape index (κ2) is 5.93. The molecule has 21 heavy (non-hydrogen) atoms. The van der Waals surface area contributed by atoms with Crippen molar-refractivity contribution in [3.63, 3.8) is 0 Å². The fraction of sp³-hybridized carbons (Fsp3) is 0.400. The van der Waals surface area contributed by atoms with Gasteiger partial charge in [0.1, 0.15) is 0 Å². The molecule has 110 valence electrons. The van der Waals surface area contributed by atoms with Crippen LogP contribution in [0.25, 0.3) is 0 Å². The minimum atomic E-state index is 0.456. The van der Waals surface area contributed by atoms with E-state index in [9.17, 15) is 0 Å². The highest BCUT2D eigenvalue weighted by molar-refractivity contribution is 5.58. The average molecular weight is 279 g/mol. The van der Waals surface area contributed by atoms with E-state index in [2.05, 4.69) is 68.6 Å². The molecule has 1 fully saturated rings. The van der Waals surface area contributed by atoms with Crippen LogP contribution >= 0.6 is 0 Å². The largest absolute Gasteiger partial charge is 0.378 e. The zero-order chi connectivity index (χ0) is 14.8.